The molecule has 0 unspecified atom stereocenters. The molecule has 5 nitrogen and oxygen atoms in total. The molecule has 120 valence electrons. The molecule has 25 heavy (non-hydrogen) atoms. The highest BCUT2D eigenvalue weighted by Gasteiger charge is 2.21. The van der Waals surface area contributed by atoms with Crippen molar-refractivity contribution in [3.63, 3.8) is 0 Å². The Morgan fingerprint density at radius 3 is 2.48 bits per heavy atom. The number of aromatic nitrogens is 2. The molecular formula is C20H12N2O3. The van der Waals surface area contributed by atoms with Gasteiger partial charge in [0.05, 0.1) is 22.2 Å². The molecule has 0 aliphatic heterocycles. The zero-order chi connectivity index (χ0) is 17.0. The van der Waals surface area contributed by atoms with Gasteiger partial charge in [0, 0.05) is 16.3 Å². The van der Waals surface area contributed by atoms with Crippen LogP contribution in [0.4, 0.5) is 0 Å². The summed E-state index contributed by atoms with van der Waals surface area (Å²) >= 11 is 0. The molecule has 0 saturated heterocycles. The van der Waals surface area contributed by atoms with Gasteiger partial charge in [-0.3, -0.25) is 0 Å². The maximum absolute atomic E-state index is 12.8. The molecule has 0 amide bonds. The average Bonchev–Trinajstić information content (AvgIpc) is 3.02. The van der Waals surface area contributed by atoms with E-state index in [1.165, 1.54) is 0 Å². The molecule has 0 bridgehead atoms. The average molecular weight is 328 g/mol. The van der Waals surface area contributed by atoms with Gasteiger partial charge in [0.1, 0.15) is 5.58 Å². The molecule has 5 heteroatoms. The van der Waals surface area contributed by atoms with E-state index in [9.17, 15) is 4.79 Å². The lowest BCUT2D eigenvalue weighted by atomic mass is 10.00. The standard InChI is InChI=1S/C20H12N2O3/c1-11-15-16-13-9-5-6-10-14(13)24-20(23)17(16)18(21-19(15)25-22-11)12-7-3-2-4-8-12/h2-10H,1H3. The smallest absolute Gasteiger partial charge is 0.346 e. The van der Waals surface area contributed by atoms with Gasteiger partial charge in [-0.1, -0.05) is 53.7 Å². The molecule has 0 aliphatic carbocycles. The highest BCUT2D eigenvalue weighted by atomic mass is 16.5. The fourth-order valence-corrected chi connectivity index (χ4v) is 3.31. The Bertz CT molecular complexity index is 1320. The lowest BCUT2D eigenvalue weighted by Crippen LogP contribution is -2.04. The zero-order valence-corrected chi connectivity index (χ0v) is 13.3. The van der Waals surface area contributed by atoms with Gasteiger partial charge in [-0.25, -0.2) is 9.78 Å². The first kappa shape index (κ1) is 13.9. The van der Waals surface area contributed by atoms with Crippen LogP contribution in [0.5, 0.6) is 0 Å². The second-order valence-corrected chi connectivity index (χ2v) is 5.91. The summed E-state index contributed by atoms with van der Waals surface area (Å²) in [6.07, 6.45) is 0. The minimum absolute atomic E-state index is 0.414. The van der Waals surface area contributed by atoms with Gasteiger partial charge in [-0.15, -0.1) is 0 Å². The number of rotatable bonds is 1. The van der Waals surface area contributed by atoms with Crippen molar-refractivity contribution >= 4 is 32.8 Å². The Morgan fingerprint density at radius 2 is 1.64 bits per heavy atom. The second-order valence-electron chi connectivity index (χ2n) is 5.91. The molecular weight excluding hydrogens is 316 g/mol. The molecule has 5 rings (SSSR count). The summed E-state index contributed by atoms with van der Waals surface area (Å²) in [7, 11) is 0. The SMILES string of the molecule is Cc1noc2nc(-c3ccccc3)c3c(=O)oc4ccccc4c3c12. The number of benzene rings is 2. The van der Waals surface area contributed by atoms with Crippen LogP contribution >= 0.6 is 0 Å². The third-order valence-electron chi connectivity index (χ3n) is 4.41. The van der Waals surface area contributed by atoms with Gasteiger partial charge in [0.25, 0.3) is 5.71 Å². The second kappa shape index (κ2) is 5.01. The van der Waals surface area contributed by atoms with E-state index < -0.39 is 5.63 Å². The summed E-state index contributed by atoms with van der Waals surface area (Å²) < 4.78 is 11.0. The monoisotopic (exact) mass is 328 g/mol. The molecule has 2 aromatic carbocycles. The molecule has 0 fully saturated rings. The van der Waals surface area contributed by atoms with Crippen molar-refractivity contribution in [3.8, 4) is 11.3 Å². The van der Waals surface area contributed by atoms with Crippen LogP contribution in [0.15, 0.2) is 68.3 Å². The van der Waals surface area contributed by atoms with E-state index in [1.54, 1.807) is 6.07 Å². The van der Waals surface area contributed by atoms with E-state index in [-0.39, 0.29) is 0 Å². The number of nitrogens with zero attached hydrogens (tertiary/aromatic N) is 2. The maximum atomic E-state index is 12.8. The van der Waals surface area contributed by atoms with E-state index in [0.29, 0.717) is 28.1 Å². The van der Waals surface area contributed by atoms with Gasteiger partial charge in [0.15, 0.2) is 0 Å². The number of hydrogen-bond donors (Lipinski definition) is 0. The lowest BCUT2D eigenvalue weighted by molar-refractivity contribution is 0.443. The summed E-state index contributed by atoms with van der Waals surface area (Å²) in [5, 5.41) is 6.86. The highest BCUT2D eigenvalue weighted by molar-refractivity contribution is 6.20. The Kier molecular flexibility index (Phi) is 2.79. The van der Waals surface area contributed by atoms with E-state index in [1.807, 2.05) is 55.5 Å². The molecule has 5 aromatic rings. The molecule has 3 heterocycles. The van der Waals surface area contributed by atoms with E-state index >= 15 is 0 Å². The van der Waals surface area contributed by atoms with Gasteiger partial charge in [-0.05, 0) is 13.0 Å². The molecule has 0 radical (unpaired) electrons. The number of aryl methyl sites for hydroxylation is 1. The first-order valence-corrected chi connectivity index (χ1v) is 7.91. The Morgan fingerprint density at radius 1 is 0.880 bits per heavy atom. The van der Waals surface area contributed by atoms with Gasteiger partial charge in [-0.2, -0.15) is 0 Å². The van der Waals surface area contributed by atoms with E-state index in [2.05, 4.69) is 10.1 Å². The molecule has 0 aliphatic rings. The van der Waals surface area contributed by atoms with Crippen molar-refractivity contribution in [2.45, 2.75) is 6.92 Å². The van der Waals surface area contributed by atoms with Crippen LogP contribution in [0.1, 0.15) is 5.69 Å². The Hall–Kier alpha value is -3.47. The van der Waals surface area contributed by atoms with Crippen LogP contribution in [-0.4, -0.2) is 10.1 Å². The molecule has 0 N–H and O–H groups in total. The van der Waals surface area contributed by atoms with Crippen molar-refractivity contribution in [2.24, 2.45) is 0 Å². The number of pyridine rings is 1. The van der Waals surface area contributed by atoms with Crippen molar-refractivity contribution in [3.05, 3.63) is 70.7 Å². The number of para-hydroxylation sites is 1. The van der Waals surface area contributed by atoms with Crippen LogP contribution in [0, 0.1) is 6.92 Å². The fourth-order valence-electron chi connectivity index (χ4n) is 3.31. The van der Waals surface area contributed by atoms with Crippen molar-refractivity contribution in [2.75, 3.05) is 0 Å². The predicted molar refractivity (Wildman–Crippen MR) is 95.5 cm³/mol. The quantitative estimate of drug-likeness (QED) is 0.336. The van der Waals surface area contributed by atoms with Gasteiger partial charge in [0.2, 0.25) is 0 Å². The topological polar surface area (TPSA) is 69.1 Å². The first-order valence-electron chi connectivity index (χ1n) is 7.91. The van der Waals surface area contributed by atoms with E-state index in [4.69, 9.17) is 8.94 Å². The minimum Gasteiger partial charge on any atom is -0.422 e. The molecule has 3 aromatic heterocycles. The predicted octanol–water partition coefficient (Wildman–Crippen LogP) is 4.46. The summed E-state index contributed by atoms with van der Waals surface area (Å²) in [4.78, 5) is 17.4. The minimum atomic E-state index is -0.414. The van der Waals surface area contributed by atoms with Crippen LogP contribution in [-0.2, 0) is 0 Å². The fraction of sp³-hybridized carbons (Fsp3) is 0.0500. The maximum Gasteiger partial charge on any atom is 0.346 e. The van der Waals surface area contributed by atoms with Crippen LogP contribution in [0.3, 0.4) is 0 Å². The Balaban J connectivity index is 2.13. The van der Waals surface area contributed by atoms with Crippen molar-refractivity contribution < 1.29 is 8.94 Å². The summed E-state index contributed by atoms with van der Waals surface area (Å²) in [6, 6.07) is 17.0. The Labute approximate surface area is 141 Å². The number of fused-ring (bicyclic) bond motifs is 5. The number of hydrogen-bond acceptors (Lipinski definition) is 5. The first-order chi connectivity index (χ1) is 12.2. The van der Waals surface area contributed by atoms with Gasteiger partial charge >= 0.3 is 5.63 Å². The van der Waals surface area contributed by atoms with E-state index in [0.717, 1.165) is 21.7 Å². The zero-order valence-electron chi connectivity index (χ0n) is 13.3. The summed E-state index contributed by atoms with van der Waals surface area (Å²) in [5.41, 5.74) is 2.60. The van der Waals surface area contributed by atoms with Crippen molar-refractivity contribution in [1.82, 2.24) is 10.1 Å². The van der Waals surface area contributed by atoms with Crippen LogP contribution in [0.25, 0.3) is 44.1 Å². The van der Waals surface area contributed by atoms with Gasteiger partial charge < -0.3 is 8.94 Å². The normalized spacial score (nSPS) is 11.6. The molecule has 0 saturated carbocycles. The van der Waals surface area contributed by atoms with Crippen LogP contribution in [0.2, 0.25) is 0 Å². The van der Waals surface area contributed by atoms with Crippen molar-refractivity contribution in [1.29, 1.82) is 0 Å². The highest BCUT2D eigenvalue weighted by Crippen LogP contribution is 2.36. The summed E-state index contributed by atoms with van der Waals surface area (Å²) in [6.45, 7) is 1.85. The third-order valence-corrected chi connectivity index (χ3v) is 4.41. The van der Waals surface area contributed by atoms with Crippen LogP contribution < -0.4 is 5.63 Å². The summed E-state index contributed by atoms with van der Waals surface area (Å²) in [5.74, 6) is 0. The molecule has 0 atom stereocenters. The largest absolute Gasteiger partial charge is 0.422 e. The lowest BCUT2D eigenvalue weighted by Gasteiger charge is -2.08. The third kappa shape index (κ3) is 1.92. The molecule has 0 spiro atoms.